The molecular weight excluding hydrogens is 256 g/mol. The van der Waals surface area contributed by atoms with E-state index < -0.39 is 6.03 Å². The van der Waals surface area contributed by atoms with E-state index in [-0.39, 0.29) is 5.91 Å². The van der Waals surface area contributed by atoms with Crippen LogP contribution in [0.15, 0.2) is 24.3 Å². The fourth-order valence-corrected chi connectivity index (χ4v) is 2.38. The van der Waals surface area contributed by atoms with Crippen molar-refractivity contribution in [2.75, 3.05) is 23.7 Å². The molecule has 0 saturated carbocycles. The van der Waals surface area contributed by atoms with E-state index in [1.807, 2.05) is 0 Å². The van der Waals surface area contributed by atoms with Crippen LogP contribution in [0.2, 0.25) is 0 Å². The lowest BCUT2D eigenvalue weighted by Gasteiger charge is -2.21. The second kappa shape index (κ2) is 6.91. The van der Waals surface area contributed by atoms with Crippen molar-refractivity contribution >= 4 is 23.3 Å². The van der Waals surface area contributed by atoms with Crippen LogP contribution in [0.4, 0.5) is 16.2 Å². The van der Waals surface area contributed by atoms with Crippen molar-refractivity contribution in [1.29, 1.82) is 0 Å². The molecule has 6 heteroatoms. The van der Waals surface area contributed by atoms with Gasteiger partial charge in [-0.15, -0.1) is 0 Å². The smallest absolute Gasteiger partial charge is 0.316 e. The quantitative estimate of drug-likeness (QED) is 0.671. The summed E-state index contributed by atoms with van der Waals surface area (Å²) in [4.78, 5) is 22.8. The van der Waals surface area contributed by atoms with Crippen LogP contribution in [0, 0.1) is 5.92 Å². The summed E-state index contributed by atoms with van der Waals surface area (Å²) in [5.74, 6) is 0.455. The summed E-state index contributed by atoms with van der Waals surface area (Å²) in [5, 5.41) is 8.61. The number of rotatable bonds is 4. The van der Waals surface area contributed by atoms with Gasteiger partial charge in [-0.2, -0.15) is 0 Å². The fourth-order valence-electron chi connectivity index (χ4n) is 2.38. The van der Waals surface area contributed by atoms with Crippen molar-refractivity contribution in [1.82, 2.24) is 5.32 Å². The molecule has 20 heavy (non-hydrogen) atoms. The molecule has 1 fully saturated rings. The van der Waals surface area contributed by atoms with Gasteiger partial charge in [-0.25, -0.2) is 4.79 Å². The van der Waals surface area contributed by atoms with Crippen molar-refractivity contribution in [3.8, 4) is 0 Å². The highest BCUT2D eigenvalue weighted by molar-refractivity contribution is 5.93. The van der Waals surface area contributed by atoms with Crippen LogP contribution in [0.3, 0.4) is 0 Å². The number of anilines is 2. The summed E-state index contributed by atoms with van der Waals surface area (Å²) in [6.45, 7) is 1.96. The number of nitrogens with one attached hydrogen (secondary N) is 3. The maximum absolute atomic E-state index is 12.0. The topological polar surface area (TPSA) is 96.2 Å². The minimum absolute atomic E-state index is 0.00752. The summed E-state index contributed by atoms with van der Waals surface area (Å²) in [6, 6.07) is 6.32. The Morgan fingerprint density at radius 3 is 2.50 bits per heavy atom. The van der Waals surface area contributed by atoms with Crippen LogP contribution >= 0.6 is 0 Å². The van der Waals surface area contributed by atoms with Crippen molar-refractivity contribution in [2.24, 2.45) is 11.7 Å². The largest absolute Gasteiger partial charge is 0.351 e. The number of hydrogen-bond acceptors (Lipinski definition) is 3. The molecule has 0 radical (unpaired) electrons. The first kappa shape index (κ1) is 14.3. The number of nitrogens with two attached hydrogens (primary N) is 1. The van der Waals surface area contributed by atoms with Crippen LogP contribution in [0.25, 0.3) is 0 Å². The summed E-state index contributed by atoms with van der Waals surface area (Å²) in [6.07, 6.45) is 2.61. The molecule has 108 valence electrons. The van der Waals surface area contributed by atoms with E-state index in [1.54, 1.807) is 24.3 Å². The third-order valence-electron chi connectivity index (χ3n) is 3.35. The Balaban J connectivity index is 1.88. The molecule has 6 nitrogen and oxygen atoms in total. The molecule has 1 aromatic rings. The number of amides is 3. The molecule has 0 aliphatic carbocycles. The van der Waals surface area contributed by atoms with Crippen molar-refractivity contribution < 1.29 is 9.59 Å². The zero-order valence-corrected chi connectivity index (χ0v) is 11.3. The number of urea groups is 1. The predicted molar refractivity (Wildman–Crippen MR) is 78.5 cm³/mol. The molecule has 3 amide bonds. The summed E-state index contributed by atoms with van der Waals surface area (Å²) < 4.78 is 0. The highest BCUT2D eigenvalue weighted by atomic mass is 16.2. The number of carbonyl (C=O) groups excluding carboxylic acids is 2. The van der Waals surface area contributed by atoms with E-state index in [4.69, 9.17) is 5.73 Å². The van der Waals surface area contributed by atoms with Gasteiger partial charge in [0.25, 0.3) is 0 Å². The number of piperidine rings is 1. The molecule has 1 aromatic carbocycles. The van der Waals surface area contributed by atoms with Crippen molar-refractivity contribution in [2.45, 2.75) is 19.3 Å². The van der Waals surface area contributed by atoms with E-state index in [1.165, 1.54) is 0 Å². The molecule has 1 saturated heterocycles. The van der Waals surface area contributed by atoms with Gasteiger partial charge in [0.15, 0.2) is 0 Å². The van der Waals surface area contributed by atoms with E-state index in [0.717, 1.165) is 25.9 Å². The molecule has 0 atom stereocenters. The average Bonchev–Trinajstić information content (AvgIpc) is 2.39. The normalized spacial score (nSPS) is 15.6. The van der Waals surface area contributed by atoms with Gasteiger partial charge in [-0.1, -0.05) is 6.07 Å². The third kappa shape index (κ3) is 4.55. The van der Waals surface area contributed by atoms with Gasteiger partial charge in [0.1, 0.15) is 0 Å². The molecule has 2 rings (SSSR count). The first-order chi connectivity index (χ1) is 9.63. The highest BCUT2D eigenvalue weighted by Gasteiger charge is 2.16. The number of hydrogen-bond donors (Lipinski definition) is 4. The molecule has 1 heterocycles. The lowest BCUT2D eigenvalue weighted by molar-refractivity contribution is -0.117. The molecule has 1 aliphatic rings. The lowest BCUT2D eigenvalue weighted by atomic mass is 9.94. The minimum Gasteiger partial charge on any atom is -0.351 e. The zero-order valence-electron chi connectivity index (χ0n) is 11.3. The van der Waals surface area contributed by atoms with Crippen LogP contribution in [0.5, 0.6) is 0 Å². The van der Waals surface area contributed by atoms with Gasteiger partial charge in [-0.3, -0.25) is 4.79 Å². The van der Waals surface area contributed by atoms with E-state index in [9.17, 15) is 9.59 Å². The van der Waals surface area contributed by atoms with Crippen LogP contribution < -0.4 is 21.7 Å². The van der Waals surface area contributed by atoms with Gasteiger partial charge >= 0.3 is 6.03 Å². The number of carbonyl (C=O) groups is 2. The monoisotopic (exact) mass is 276 g/mol. The van der Waals surface area contributed by atoms with Gasteiger partial charge < -0.3 is 21.7 Å². The number of benzene rings is 1. The SMILES string of the molecule is NC(=O)Nc1cccc(NC(=O)CC2CCNCC2)c1. The molecule has 1 aliphatic heterocycles. The summed E-state index contributed by atoms with van der Waals surface area (Å²) in [5.41, 5.74) is 6.29. The highest BCUT2D eigenvalue weighted by Crippen LogP contribution is 2.19. The Morgan fingerprint density at radius 2 is 1.85 bits per heavy atom. The minimum atomic E-state index is -0.622. The molecule has 0 bridgehead atoms. The molecule has 0 spiro atoms. The molecule has 5 N–H and O–H groups in total. The van der Waals surface area contributed by atoms with Crippen molar-refractivity contribution in [3.63, 3.8) is 0 Å². The second-order valence-corrected chi connectivity index (χ2v) is 5.02. The molecule has 0 unspecified atom stereocenters. The average molecular weight is 276 g/mol. The number of primary amides is 1. The van der Waals surface area contributed by atoms with Crippen molar-refractivity contribution in [3.05, 3.63) is 24.3 Å². The Kier molecular flexibility index (Phi) is 4.95. The Morgan fingerprint density at radius 1 is 1.20 bits per heavy atom. The van der Waals surface area contributed by atoms with Crippen LogP contribution in [-0.2, 0) is 4.79 Å². The van der Waals surface area contributed by atoms with Crippen LogP contribution in [-0.4, -0.2) is 25.0 Å². The zero-order chi connectivity index (χ0) is 14.4. The second-order valence-electron chi connectivity index (χ2n) is 5.02. The first-order valence-electron chi connectivity index (χ1n) is 6.80. The fraction of sp³-hybridized carbons (Fsp3) is 0.429. The van der Waals surface area contributed by atoms with Gasteiger partial charge in [0, 0.05) is 17.8 Å². The summed E-state index contributed by atoms with van der Waals surface area (Å²) >= 11 is 0. The first-order valence-corrected chi connectivity index (χ1v) is 6.80. The predicted octanol–water partition coefficient (Wildman–Crippen LogP) is 1.51. The Labute approximate surface area is 118 Å². The van der Waals surface area contributed by atoms with E-state index >= 15 is 0 Å². The van der Waals surface area contributed by atoms with Gasteiger partial charge in [0.05, 0.1) is 0 Å². The summed E-state index contributed by atoms with van der Waals surface area (Å²) in [7, 11) is 0. The molecular formula is C14H20N4O2. The maximum atomic E-state index is 12.0. The third-order valence-corrected chi connectivity index (χ3v) is 3.35. The van der Waals surface area contributed by atoms with Gasteiger partial charge in [0.2, 0.25) is 5.91 Å². The molecule has 0 aromatic heterocycles. The van der Waals surface area contributed by atoms with Gasteiger partial charge in [-0.05, 0) is 50.0 Å². The Hall–Kier alpha value is -2.08. The van der Waals surface area contributed by atoms with E-state index in [2.05, 4.69) is 16.0 Å². The van der Waals surface area contributed by atoms with Crippen LogP contribution in [0.1, 0.15) is 19.3 Å². The Bertz CT molecular complexity index is 484. The maximum Gasteiger partial charge on any atom is 0.316 e. The lowest BCUT2D eigenvalue weighted by Crippen LogP contribution is -2.30. The van der Waals surface area contributed by atoms with E-state index in [0.29, 0.717) is 23.7 Å². The standard InChI is InChI=1S/C14H20N4O2/c15-14(20)18-12-3-1-2-11(9-12)17-13(19)8-10-4-6-16-7-5-10/h1-3,9-10,16H,4-8H2,(H,17,19)(H3,15,18,20).